The number of aryl methyl sites for hydroxylation is 1. The lowest BCUT2D eigenvalue weighted by Gasteiger charge is -2.06. The SMILES string of the molecule is Cc1ccc(-c2ccnc3c(C(=O)Nc4cnn(Cc5ccccc5)c4)cnn23)cc1. The average Bonchev–Trinajstić information content (AvgIpc) is 3.42. The molecule has 0 saturated heterocycles. The summed E-state index contributed by atoms with van der Waals surface area (Å²) < 4.78 is 3.48. The van der Waals surface area contributed by atoms with Crippen LogP contribution in [0.5, 0.6) is 0 Å². The second-order valence-corrected chi connectivity index (χ2v) is 7.36. The van der Waals surface area contributed by atoms with Crippen LogP contribution in [0, 0.1) is 6.92 Å². The zero-order chi connectivity index (χ0) is 21.2. The highest BCUT2D eigenvalue weighted by Crippen LogP contribution is 2.22. The summed E-state index contributed by atoms with van der Waals surface area (Å²) >= 11 is 0. The van der Waals surface area contributed by atoms with Crippen molar-refractivity contribution >= 4 is 17.2 Å². The molecule has 1 amide bonds. The summed E-state index contributed by atoms with van der Waals surface area (Å²) in [6, 6.07) is 20.1. The highest BCUT2D eigenvalue weighted by Gasteiger charge is 2.17. The van der Waals surface area contributed by atoms with Gasteiger partial charge in [-0.25, -0.2) is 9.50 Å². The number of benzene rings is 2. The molecule has 0 aliphatic heterocycles. The first-order valence-corrected chi connectivity index (χ1v) is 9.95. The number of nitrogens with zero attached hydrogens (tertiary/aromatic N) is 5. The highest BCUT2D eigenvalue weighted by molar-refractivity contribution is 6.08. The van der Waals surface area contributed by atoms with Crippen molar-refractivity contribution in [3.8, 4) is 11.3 Å². The summed E-state index contributed by atoms with van der Waals surface area (Å²) in [5, 5.41) is 11.6. The molecule has 0 atom stereocenters. The van der Waals surface area contributed by atoms with Gasteiger partial charge in [-0.1, -0.05) is 60.2 Å². The van der Waals surface area contributed by atoms with E-state index in [1.54, 1.807) is 27.8 Å². The van der Waals surface area contributed by atoms with Crippen LogP contribution >= 0.6 is 0 Å². The largest absolute Gasteiger partial charge is 0.319 e. The summed E-state index contributed by atoms with van der Waals surface area (Å²) in [5.41, 5.74) is 5.74. The molecule has 7 heteroatoms. The van der Waals surface area contributed by atoms with Gasteiger partial charge in [0.05, 0.1) is 30.3 Å². The Morgan fingerprint density at radius 1 is 0.968 bits per heavy atom. The topological polar surface area (TPSA) is 77.1 Å². The Hall–Kier alpha value is -4.26. The molecule has 0 unspecified atom stereocenters. The minimum absolute atomic E-state index is 0.275. The van der Waals surface area contributed by atoms with Crippen LogP contribution in [0.25, 0.3) is 16.9 Å². The lowest BCUT2D eigenvalue weighted by atomic mass is 10.1. The van der Waals surface area contributed by atoms with Crippen LogP contribution in [-0.2, 0) is 6.54 Å². The van der Waals surface area contributed by atoms with Gasteiger partial charge in [0.25, 0.3) is 5.91 Å². The molecule has 3 heterocycles. The maximum absolute atomic E-state index is 12.9. The third kappa shape index (κ3) is 3.81. The van der Waals surface area contributed by atoms with Crippen LogP contribution in [0.2, 0.25) is 0 Å². The van der Waals surface area contributed by atoms with Crippen molar-refractivity contribution in [1.82, 2.24) is 24.4 Å². The van der Waals surface area contributed by atoms with Gasteiger partial charge in [-0.05, 0) is 18.6 Å². The van der Waals surface area contributed by atoms with Gasteiger partial charge in [-0.3, -0.25) is 9.48 Å². The van der Waals surface area contributed by atoms with E-state index in [0.29, 0.717) is 23.4 Å². The van der Waals surface area contributed by atoms with E-state index in [9.17, 15) is 4.79 Å². The molecule has 0 aliphatic rings. The lowest BCUT2D eigenvalue weighted by Crippen LogP contribution is -2.11. The number of rotatable bonds is 5. The maximum atomic E-state index is 12.9. The smallest absolute Gasteiger partial charge is 0.261 e. The van der Waals surface area contributed by atoms with Crippen molar-refractivity contribution in [1.29, 1.82) is 0 Å². The van der Waals surface area contributed by atoms with Crippen LogP contribution in [0.15, 0.2) is 85.5 Å². The second kappa shape index (κ2) is 7.87. The molecule has 0 aliphatic carbocycles. The summed E-state index contributed by atoms with van der Waals surface area (Å²) in [7, 11) is 0. The average molecular weight is 408 g/mol. The van der Waals surface area contributed by atoms with Crippen LogP contribution in [0.1, 0.15) is 21.5 Å². The lowest BCUT2D eigenvalue weighted by molar-refractivity contribution is 0.102. The third-order valence-electron chi connectivity index (χ3n) is 5.07. The molecule has 152 valence electrons. The molecule has 0 fully saturated rings. The highest BCUT2D eigenvalue weighted by atomic mass is 16.1. The molecule has 5 rings (SSSR count). The van der Waals surface area contributed by atoms with Gasteiger partial charge in [0.15, 0.2) is 5.65 Å². The number of hydrogen-bond donors (Lipinski definition) is 1. The number of nitrogens with one attached hydrogen (secondary N) is 1. The van der Waals surface area contributed by atoms with E-state index < -0.39 is 0 Å². The molecule has 5 aromatic rings. The van der Waals surface area contributed by atoms with E-state index in [4.69, 9.17) is 0 Å². The second-order valence-electron chi connectivity index (χ2n) is 7.36. The molecule has 31 heavy (non-hydrogen) atoms. The number of amides is 1. The van der Waals surface area contributed by atoms with E-state index in [1.165, 1.54) is 5.56 Å². The van der Waals surface area contributed by atoms with Crippen LogP contribution in [-0.4, -0.2) is 30.3 Å². The summed E-state index contributed by atoms with van der Waals surface area (Å²) in [5.74, 6) is -0.275. The van der Waals surface area contributed by atoms with Gasteiger partial charge >= 0.3 is 0 Å². The number of anilines is 1. The van der Waals surface area contributed by atoms with Crippen molar-refractivity contribution in [2.45, 2.75) is 13.5 Å². The van der Waals surface area contributed by atoms with Gasteiger partial charge in [0, 0.05) is 18.0 Å². The van der Waals surface area contributed by atoms with Gasteiger partial charge < -0.3 is 5.32 Å². The molecule has 3 aromatic heterocycles. The summed E-state index contributed by atoms with van der Waals surface area (Å²) in [4.78, 5) is 17.3. The predicted molar refractivity (Wildman–Crippen MR) is 119 cm³/mol. The minimum atomic E-state index is -0.275. The van der Waals surface area contributed by atoms with Crippen molar-refractivity contribution in [2.75, 3.05) is 5.32 Å². The number of fused-ring (bicyclic) bond motifs is 1. The standard InChI is InChI=1S/C24H20N6O/c1-17-7-9-19(10-8-17)22-11-12-25-23-21(14-27-30(22)23)24(31)28-20-13-26-29(16-20)15-18-5-3-2-4-6-18/h2-14,16H,15H2,1H3,(H,28,31). The van der Waals surface area contributed by atoms with Gasteiger partial charge in [-0.15, -0.1) is 0 Å². The van der Waals surface area contributed by atoms with E-state index in [2.05, 4.69) is 20.5 Å². The Balaban J connectivity index is 1.38. The quantitative estimate of drug-likeness (QED) is 0.473. The van der Waals surface area contributed by atoms with Crippen LogP contribution < -0.4 is 5.32 Å². The third-order valence-corrected chi connectivity index (χ3v) is 5.07. The van der Waals surface area contributed by atoms with E-state index in [0.717, 1.165) is 16.8 Å². The number of aromatic nitrogens is 5. The van der Waals surface area contributed by atoms with Crippen molar-refractivity contribution in [3.05, 3.63) is 102 Å². The maximum Gasteiger partial charge on any atom is 0.261 e. The molecule has 1 N–H and O–H groups in total. The fourth-order valence-electron chi connectivity index (χ4n) is 3.48. The van der Waals surface area contributed by atoms with E-state index in [-0.39, 0.29) is 5.91 Å². The summed E-state index contributed by atoms with van der Waals surface area (Å²) in [6.07, 6.45) is 6.68. The number of carbonyl (C=O) groups excluding carboxylic acids is 1. The Kier molecular flexibility index (Phi) is 4.76. The fourth-order valence-corrected chi connectivity index (χ4v) is 3.48. The Morgan fingerprint density at radius 3 is 2.58 bits per heavy atom. The normalized spacial score (nSPS) is 11.0. The number of hydrogen-bond acceptors (Lipinski definition) is 4. The predicted octanol–water partition coefficient (Wildman–Crippen LogP) is 4.20. The van der Waals surface area contributed by atoms with Crippen molar-refractivity contribution in [2.24, 2.45) is 0 Å². The van der Waals surface area contributed by atoms with Gasteiger partial charge in [0.1, 0.15) is 5.56 Å². The first kappa shape index (κ1) is 18.7. The van der Waals surface area contributed by atoms with Crippen LogP contribution in [0.4, 0.5) is 5.69 Å². The zero-order valence-corrected chi connectivity index (χ0v) is 16.9. The summed E-state index contributed by atoms with van der Waals surface area (Å²) in [6.45, 7) is 2.68. The molecule has 0 bridgehead atoms. The van der Waals surface area contributed by atoms with Gasteiger partial charge in [-0.2, -0.15) is 10.2 Å². The molecule has 0 spiro atoms. The molecule has 7 nitrogen and oxygen atoms in total. The minimum Gasteiger partial charge on any atom is -0.319 e. The zero-order valence-electron chi connectivity index (χ0n) is 16.9. The fraction of sp³-hybridized carbons (Fsp3) is 0.0833. The van der Waals surface area contributed by atoms with E-state index >= 15 is 0 Å². The van der Waals surface area contributed by atoms with Gasteiger partial charge in [0.2, 0.25) is 0 Å². The monoisotopic (exact) mass is 408 g/mol. The molecular formula is C24H20N6O. The molecule has 0 saturated carbocycles. The van der Waals surface area contributed by atoms with Crippen molar-refractivity contribution in [3.63, 3.8) is 0 Å². The Labute approximate surface area is 179 Å². The van der Waals surface area contributed by atoms with Crippen molar-refractivity contribution < 1.29 is 4.79 Å². The molecule has 2 aromatic carbocycles. The number of carbonyl (C=O) groups is 1. The first-order chi connectivity index (χ1) is 15.2. The Bertz CT molecular complexity index is 1350. The molecular weight excluding hydrogens is 388 g/mol. The Morgan fingerprint density at radius 2 is 1.77 bits per heavy atom. The van der Waals surface area contributed by atoms with E-state index in [1.807, 2.05) is 73.8 Å². The van der Waals surface area contributed by atoms with Crippen LogP contribution in [0.3, 0.4) is 0 Å². The molecule has 0 radical (unpaired) electrons. The first-order valence-electron chi connectivity index (χ1n) is 9.95.